The Kier molecular flexibility index (Phi) is 2.31. The van der Waals surface area contributed by atoms with Gasteiger partial charge in [0.1, 0.15) is 0 Å². The first kappa shape index (κ1) is 10.6. The Morgan fingerprint density at radius 3 is 2.62 bits per heavy atom. The maximum atomic E-state index is 12.0. The standard InChI is InChI=1S/C14H23NO/c1-14(2)8-10-4-3-5-12(16)15-7-6-11(9-14)13(10)15/h10-11,13H,3-9H2,1-2H3. The predicted octanol–water partition coefficient (Wildman–Crippen LogP) is 2.82. The van der Waals surface area contributed by atoms with Crippen molar-refractivity contribution in [2.75, 3.05) is 6.54 Å². The fourth-order valence-electron chi connectivity index (χ4n) is 4.59. The number of nitrogens with zero attached hydrogens (tertiary/aromatic N) is 1. The second-order valence-electron chi connectivity index (χ2n) is 6.85. The summed E-state index contributed by atoms with van der Waals surface area (Å²) < 4.78 is 0. The van der Waals surface area contributed by atoms with E-state index >= 15 is 0 Å². The highest BCUT2D eigenvalue weighted by Gasteiger charge is 2.49. The van der Waals surface area contributed by atoms with Crippen LogP contribution in [0.3, 0.4) is 0 Å². The SMILES string of the molecule is CC1(C)CC2CCCC(=O)N3CCC(C1)C23. The third kappa shape index (κ3) is 1.57. The fraction of sp³-hybridized carbons (Fsp3) is 0.929. The highest BCUT2D eigenvalue weighted by Crippen LogP contribution is 2.50. The molecule has 2 saturated heterocycles. The van der Waals surface area contributed by atoms with Gasteiger partial charge in [-0.2, -0.15) is 0 Å². The van der Waals surface area contributed by atoms with Gasteiger partial charge in [0.2, 0.25) is 5.91 Å². The van der Waals surface area contributed by atoms with E-state index in [9.17, 15) is 4.79 Å². The summed E-state index contributed by atoms with van der Waals surface area (Å²) in [6, 6.07) is 0.614. The summed E-state index contributed by atoms with van der Waals surface area (Å²) >= 11 is 0. The summed E-state index contributed by atoms with van der Waals surface area (Å²) in [5.74, 6) is 2.04. The van der Waals surface area contributed by atoms with Crippen molar-refractivity contribution in [2.24, 2.45) is 17.3 Å². The molecule has 0 aromatic rings. The fourth-order valence-corrected chi connectivity index (χ4v) is 4.59. The lowest BCUT2D eigenvalue weighted by atomic mass is 9.64. The Morgan fingerprint density at radius 2 is 1.88 bits per heavy atom. The number of hydrogen-bond acceptors (Lipinski definition) is 1. The first-order valence-corrected chi connectivity index (χ1v) is 6.86. The normalized spacial score (nSPS) is 41.8. The second kappa shape index (κ2) is 3.48. The van der Waals surface area contributed by atoms with E-state index < -0.39 is 0 Å². The maximum absolute atomic E-state index is 12.0. The number of amides is 1. The van der Waals surface area contributed by atoms with Crippen molar-refractivity contribution >= 4 is 5.91 Å². The molecule has 3 atom stereocenters. The third-order valence-electron chi connectivity index (χ3n) is 4.98. The number of hydrogen-bond donors (Lipinski definition) is 0. The summed E-state index contributed by atoms with van der Waals surface area (Å²) in [6.45, 7) is 5.87. The molecule has 0 aromatic carbocycles. The Morgan fingerprint density at radius 1 is 1.19 bits per heavy atom. The van der Waals surface area contributed by atoms with Crippen molar-refractivity contribution < 1.29 is 4.79 Å². The average Bonchev–Trinajstić information content (AvgIpc) is 2.52. The molecule has 2 nitrogen and oxygen atoms in total. The van der Waals surface area contributed by atoms with Gasteiger partial charge in [0.05, 0.1) is 0 Å². The zero-order valence-corrected chi connectivity index (χ0v) is 10.5. The van der Waals surface area contributed by atoms with Gasteiger partial charge in [0.25, 0.3) is 0 Å². The van der Waals surface area contributed by atoms with Crippen LogP contribution in [0, 0.1) is 17.3 Å². The van der Waals surface area contributed by atoms with E-state index in [0.717, 1.165) is 31.2 Å². The molecule has 0 radical (unpaired) electrons. The highest BCUT2D eigenvalue weighted by atomic mass is 16.2. The number of carbonyl (C=O) groups is 1. The van der Waals surface area contributed by atoms with Gasteiger partial charge in [-0.15, -0.1) is 0 Å². The second-order valence-corrected chi connectivity index (χ2v) is 6.85. The average molecular weight is 221 g/mol. The van der Waals surface area contributed by atoms with Crippen molar-refractivity contribution in [2.45, 2.75) is 58.4 Å². The van der Waals surface area contributed by atoms with Crippen molar-refractivity contribution in [1.82, 2.24) is 4.90 Å². The summed E-state index contributed by atoms with van der Waals surface area (Å²) in [5.41, 5.74) is 0.509. The monoisotopic (exact) mass is 221 g/mol. The maximum Gasteiger partial charge on any atom is 0.222 e. The van der Waals surface area contributed by atoms with Crippen molar-refractivity contribution in [3.63, 3.8) is 0 Å². The molecule has 2 aliphatic heterocycles. The molecule has 16 heavy (non-hydrogen) atoms. The van der Waals surface area contributed by atoms with Crippen LogP contribution in [0.4, 0.5) is 0 Å². The minimum absolute atomic E-state index is 0.440. The molecule has 0 N–H and O–H groups in total. The molecule has 3 unspecified atom stereocenters. The minimum Gasteiger partial charge on any atom is -0.339 e. The molecule has 2 heterocycles. The summed E-state index contributed by atoms with van der Waals surface area (Å²) in [6.07, 6.45) is 7.14. The van der Waals surface area contributed by atoms with Crippen LogP contribution < -0.4 is 0 Å². The van der Waals surface area contributed by atoms with Gasteiger partial charge in [0, 0.05) is 19.0 Å². The molecule has 0 aromatic heterocycles. The van der Waals surface area contributed by atoms with Crippen LogP contribution in [0.15, 0.2) is 0 Å². The van der Waals surface area contributed by atoms with E-state index in [-0.39, 0.29) is 0 Å². The van der Waals surface area contributed by atoms with Crippen LogP contribution in [-0.4, -0.2) is 23.4 Å². The quantitative estimate of drug-likeness (QED) is 0.616. The van der Waals surface area contributed by atoms with Crippen LogP contribution >= 0.6 is 0 Å². The highest BCUT2D eigenvalue weighted by molar-refractivity contribution is 5.77. The van der Waals surface area contributed by atoms with Crippen molar-refractivity contribution in [3.05, 3.63) is 0 Å². The van der Waals surface area contributed by atoms with Gasteiger partial charge in [-0.05, 0) is 49.4 Å². The molecule has 1 saturated carbocycles. The minimum atomic E-state index is 0.440. The van der Waals surface area contributed by atoms with Crippen LogP contribution in [0.25, 0.3) is 0 Å². The Labute approximate surface area is 98.4 Å². The van der Waals surface area contributed by atoms with E-state index in [1.807, 2.05) is 0 Å². The molecule has 3 fully saturated rings. The summed E-state index contributed by atoms with van der Waals surface area (Å²) in [5, 5.41) is 0. The number of carbonyl (C=O) groups excluding carboxylic acids is 1. The molecule has 90 valence electrons. The van der Waals surface area contributed by atoms with Gasteiger partial charge in [-0.3, -0.25) is 4.79 Å². The lowest BCUT2D eigenvalue weighted by Gasteiger charge is -2.44. The third-order valence-corrected chi connectivity index (χ3v) is 4.98. The molecular formula is C14H23NO. The van der Waals surface area contributed by atoms with Gasteiger partial charge < -0.3 is 4.90 Å². The van der Waals surface area contributed by atoms with Gasteiger partial charge in [0.15, 0.2) is 0 Å². The molecule has 3 aliphatic rings. The molecule has 1 aliphatic carbocycles. The smallest absolute Gasteiger partial charge is 0.222 e. The van der Waals surface area contributed by atoms with Crippen molar-refractivity contribution in [1.29, 1.82) is 0 Å². The zero-order valence-electron chi connectivity index (χ0n) is 10.5. The van der Waals surface area contributed by atoms with E-state index in [2.05, 4.69) is 18.7 Å². The van der Waals surface area contributed by atoms with Crippen LogP contribution in [0.1, 0.15) is 52.4 Å². The largest absolute Gasteiger partial charge is 0.339 e. The summed E-state index contributed by atoms with van der Waals surface area (Å²) in [4.78, 5) is 14.2. The first-order chi connectivity index (χ1) is 7.57. The topological polar surface area (TPSA) is 20.3 Å². The molecule has 3 rings (SSSR count). The van der Waals surface area contributed by atoms with Crippen LogP contribution in [0.5, 0.6) is 0 Å². The lowest BCUT2D eigenvalue weighted by molar-refractivity contribution is -0.133. The van der Waals surface area contributed by atoms with Gasteiger partial charge >= 0.3 is 0 Å². The van der Waals surface area contributed by atoms with E-state index in [1.54, 1.807) is 0 Å². The Hall–Kier alpha value is -0.530. The Bertz CT molecular complexity index is 310. The Balaban J connectivity index is 1.90. The predicted molar refractivity (Wildman–Crippen MR) is 64.0 cm³/mol. The zero-order chi connectivity index (χ0) is 11.3. The van der Waals surface area contributed by atoms with Crippen molar-refractivity contribution in [3.8, 4) is 0 Å². The van der Waals surface area contributed by atoms with Gasteiger partial charge in [-0.1, -0.05) is 13.8 Å². The van der Waals surface area contributed by atoms with Crippen LogP contribution in [0.2, 0.25) is 0 Å². The van der Waals surface area contributed by atoms with Crippen LogP contribution in [-0.2, 0) is 4.79 Å². The van der Waals surface area contributed by atoms with Gasteiger partial charge in [-0.25, -0.2) is 0 Å². The van der Waals surface area contributed by atoms with E-state index in [1.165, 1.54) is 25.7 Å². The molecule has 1 amide bonds. The summed E-state index contributed by atoms with van der Waals surface area (Å²) in [7, 11) is 0. The lowest BCUT2D eigenvalue weighted by Crippen LogP contribution is -2.46. The first-order valence-electron chi connectivity index (χ1n) is 6.86. The molecule has 0 spiro atoms. The molecular weight excluding hydrogens is 198 g/mol. The molecule has 2 heteroatoms. The molecule has 0 bridgehead atoms. The number of rotatable bonds is 0. The van der Waals surface area contributed by atoms with E-state index in [0.29, 0.717) is 17.4 Å². The van der Waals surface area contributed by atoms with E-state index in [4.69, 9.17) is 0 Å².